The minimum Gasteiger partial charge on any atom is -0.508 e. The average Bonchev–Trinajstić information content (AvgIpc) is 2.28. The molecule has 2 rings (SSSR count). The van der Waals surface area contributed by atoms with Crippen molar-refractivity contribution >= 4 is 5.91 Å². The number of hydrogen-bond donors (Lipinski definition) is 2. The molecule has 4 heteroatoms. The minimum absolute atomic E-state index is 0.0483. The second kappa shape index (κ2) is 5.40. The largest absolute Gasteiger partial charge is 0.508 e. The van der Waals surface area contributed by atoms with Gasteiger partial charge in [-0.2, -0.15) is 0 Å². The van der Waals surface area contributed by atoms with Gasteiger partial charge in [-0.3, -0.25) is 4.79 Å². The van der Waals surface area contributed by atoms with Gasteiger partial charge in [-0.05, 0) is 57.1 Å². The number of nitrogens with one attached hydrogen (secondary N) is 1. The van der Waals surface area contributed by atoms with Crippen molar-refractivity contribution in [2.45, 2.75) is 25.8 Å². The zero-order chi connectivity index (χ0) is 13.1. The molecule has 0 bridgehead atoms. The molecule has 1 atom stereocenters. The van der Waals surface area contributed by atoms with Gasteiger partial charge in [-0.1, -0.05) is 0 Å². The summed E-state index contributed by atoms with van der Waals surface area (Å²) in [6.07, 6.45) is 2.16. The van der Waals surface area contributed by atoms with Crippen LogP contribution in [0.5, 0.6) is 5.75 Å². The standard InChI is InChI=1S/C14H20N2O2/c1-10-8-12(17)5-6-13(10)14(18)15-11-4-3-7-16(2)9-11/h5-6,8,11,17H,3-4,7,9H2,1-2H3,(H,15,18). The van der Waals surface area contributed by atoms with E-state index < -0.39 is 0 Å². The Hall–Kier alpha value is -1.55. The van der Waals surface area contributed by atoms with Gasteiger partial charge in [0.15, 0.2) is 0 Å². The Morgan fingerprint density at radius 2 is 2.28 bits per heavy atom. The normalized spacial score (nSPS) is 20.7. The van der Waals surface area contributed by atoms with E-state index in [9.17, 15) is 9.90 Å². The van der Waals surface area contributed by atoms with Gasteiger partial charge in [0.05, 0.1) is 0 Å². The fraction of sp³-hybridized carbons (Fsp3) is 0.500. The molecule has 1 aliphatic rings. The third-order valence-electron chi connectivity index (χ3n) is 3.41. The number of hydrogen-bond acceptors (Lipinski definition) is 3. The number of benzene rings is 1. The number of carbonyl (C=O) groups is 1. The lowest BCUT2D eigenvalue weighted by Crippen LogP contribution is -2.46. The van der Waals surface area contributed by atoms with Gasteiger partial charge in [0, 0.05) is 18.2 Å². The number of carbonyl (C=O) groups excluding carboxylic acids is 1. The monoisotopic (exact) mass is 248 g/mol. The average molecular weight is 248 g/mol. The Morgan fingerprint density at radius 1 is 1.50 bits per heavy atom. The van der Waals surface area contributed by atoms with Crippen LogP contribution in [-0.2, 0) is 0 Å². The maximum Gasteiger partial charge on any atom is 0.251 e. The van der Waals surface area contributed by atoms with E-state index in [4.69, 9.17) is 0 Å². The van der Waals surface area contributed by atoms with Crippen molar-refractivity contribution in [1.29, 1.82) is 0 Å². The second-order valence-corrected chi connectivity index (χ2v) is 5.07. The summed E-state index contributed by atoms with van der Waals surface area (Å²) >= 11 is 0. The number of piperidine rings is 1. The molecule has 1 heterocycles. The van der Waals surface area contributed by atoms with Crippen molar-refractivity contribution in [3.05, 3.63) is 29.3 Å². The van der Waals surface area contributed by atoms with Crippen LogP contribution in [0.25, 0.3) is 0 Å². The van der Waals surface area contributed by atoms with Crippen molar-refractivity contribution in [2.24, 2.45) is 0 Å². The summed E-state index contributed by atoms with van der Waals surface area (Å²) in [5.74, 6) is 0.147. The van der Waals surface area contributed by atoms with Crippen LogP contribution >= 0.6 is 0 Å². The molecule has 0 aromatic heterocycles. The van der Waals surface area contributed by atoms with Gasteiger partial charge in [0.2, 0.25) is 0 Å². The highest BCUT2D eigenvalue weighted by atomic mass is 16.3. The van der Waals surface area contributed by atoms with Gasteiger partial charge >= 0.3 is 0 Å². The predicted octanol–water partition coefficient (Wildman–Crippen LogP) is 1.52. The summed E-state index contributed by atoms with van der Waals surface area (Å²) in [5.41, 5.74) is 1.44. The number of aryl methyl sites for hydroxylation is 1. The summed E-state index contributed by atoms with van der Waals surface area (Å²) in [5, 5.41) is 12.4. The number of amides is 1. The van der Waals surface area contributed by atoms with Crippen LogP contribution in [0, 0.1) is 6.92 Å². The maximum atomic E-state index is 12.1. The summed E-state index contributed by atoms with van der Waals surface area (Å²) in [7, 11) is 2.07. The fourth-order valence-electron chi connectivity index (χ4n) is 2.45. The Kier molecular flexibility index (Phi) is 3.87. The number of likely N-dealkylation sites (tertiary alicyclic amines) is 1. The number of nitrogens with zero attached hydrogens (tertiary/aromatic N) is 1. The molecular weight excluding hydrogens is 228 g/mol. The molecule has 0 saturated carbocycles. The van der Waals surface area contributed by atoms with Crippen LogP contribution in [0.3, 0.4) is 0 Å². The molecule has 4 nitrogen and oxygen atoms in total. The number of phenolic OH excluding ortho intramolecular Hbond substituents is 1. The first-order valence-electron chi connectivity index (χ1n) is 6.35. The smallest absolute Gasteiger partial charge is 0.251 e. The van der Waals surface area contributed by atoms with Gasteiger partial charge in [-0.15, -0.1) is 0 Å². The molecule has 98 valence electrons. The summed E-state index contributed by atoms with van der Waals surface area (Å²) in [6.45, 7) is 3.84. The number of likely N-dealkylation sites (N-methyl/N-ethyl adjacent to an activating group) is 1. The lowest BCUT2D eigenvalue weighted by molar-refractivity contribution is 0.0912. The highest BCUT2D eigenvalue weighted by Gasteiger charge is 2.20. The molecule has 0 spiro atoms. The van der Waals surface area contributed by atoms with E-state index in [1.165, 1.54) is 0 Å². The van der Waals surface area contributed by atoms with Crippen molar-refractivity contribution in [1.82, 2.24) is 10.2 Å². The maximum absolute atomic E-state index is 12.1. The number of rotatable bonds is 2. The van der Waals surface area contributed by atoms with Crippen LogP contribution in [0.4, 0.5) is 0 Å². The van der Waals surface area contributed by atoms with E-state index in [-0.39, 0.29) is 17.7 Å². The minimum atomic E-state index is -0.0483. The van der Waals surface area contributed by atoms with Crippen LogP contribution in [0.15, 0.2) is 18.2 Å². The molecule has 1 unspecified atom stereocenters. The molecule has 0 radical (unpaired) electrons. The molecule has 2 N–H and O–H groups in total. The quantitative estimate of drug-likeness (QED) is 0.834. The summed E-state index contributed by atoms with van der Waals surface area (Å²) in [4.78, 5) is 14.4. The molecule has 1 amide bonds. The Labute approximate surface area is 108 Å². The SMILES string of the molecule is Cc1cc(O)ccc1C(=O)NC1CCCN(C)C1. The third-order valence-corrected chi connectivity index (χ3v) is 3.41. The van der Waals surface area contributed by atoms with Crippen LogP contribution in [0.2, 0.25) is 0 Å². The van der Waals surface area contributed by atoms with Crippen molar-refractivity contribution in [2.75, 3.05) is 20.1 Å². The molecule has 0 aliphatic carbocycles. The van der Waals surface area contributed by atoms with Gasteiger partial charge < -0.3 is 15.3 Å². The number of aromatic hydroxyl groups is 1. The van der Waals surface area contributed by atoms with Gasteiger partial charge in [0.25, 0.3) is 5.91 Å². The van der Waals surface area contributed by atoms with E-state index in [0.717, 1.165) is 31.5 Å². The molecule has 18 heavy (non-hydrogen) atoms. The third kappa shape index (κ3) is 3.01. The molecule has 1 aromatic rings. The van der Waals surface area contributed by atoms with Crippen LogP contribution < -0.4 is 5.32 Å². The van der Waals surface area contributed by atoms with Gasteiger partial charge in [-0.25, -0.2) is 0 Å². The van der Waals surface area contributed by atoms with E-state index in [1.807, 2.05) is 6.92 Å². The molecular formula is C14H20N2O2. The molecule has 1 aliphatic heterocycles. The summed E-state index contributed by atoms with van der Waals surface area (Å²) < 4.78 is 0. The van der Waals surface area contributed by atoms with Gasteiger partial charge in [0.1, 0.15) is 5.75 Å². The first-order chi connectivity index (χ1) is 8.56. The van der Waals surface area contributed by atoms with Crippen LogP contribution in [-0.4, -0.2) is 42.1 Å². The first kappa shape index (κ1) is 12.9. The second-order valence-electron chi connectivity index (χ2n) is 5.07. The lowest BCUT2D eigenvalue weighted by Gasteiger charge is -2.30. The van der Waals surface area contributed by atoms with Crippen molar-refractivity contribution in [3.8, 4) is 5.75 Å². The highest BCUT2D eigenvalue weighted by Crippen LogP contribution is 2.16. The molecule has 1 fully saturated rings. The summed E-state index contributed by atoms with van der Waals surface area (Å²) in [6, 6.07) is 5.06. The Morgan fingerprint density at radius 3 is 2.94 bits per heavy atom. The van der Waals surface area contributed by atoms with Crippen molar-refractivity contribution in [3.63, 3.8) is 0 Å². The topological polar surface area (TPSA) is 52.6 Å². The van der Waals surface area contributed by atoms with E-state index in [0.29, 0.717) is 5.56 Å². The van der Waals surface area contributed by atoms with Crippen molar-refractivity contribution < 1.29 is 9.90 Å². The zero-order valence-electron chi connectivity index (χ0n) is 10.9. The molecule has 1 aromatic carbocycles. The van der Waals surface area contributed by atoms with E-state index in [2.05, 4.69) is 17.3 Å². The Balaban J connectivity index is 2.03. The highest BCUT2D eigenvalue weighted by molar-refractivity contribution is 5.96. The number of phenols is 1. The lowest BCUT2D eigenvalue weighted by atomic mass is 10.0. The first-order valence-corrected chi connectivity index (χ1v) is 6.35. The van der Waals surface area contributed by atoms with E-state index in [1.54, 1.807) is 18.2 Å². The van der Waals surface area contributed by atoms with E-state index >= 15 is 0 Å². The van der Waals surface area contributed by atoms with Crippen LogP contribution in [0.1, 0.15) is 28.8 Å². The molecule has 1 saturated heterocycles. The Bertz CT molecular complexity index is 445. The fourth-order valence-corrected chi connectivity index (χ4v) is 2.45. The zero-order valence-corrected chi connectivity index (χ0v) is 10.9. The predicted molar refractivity (Wildman–Crippen MR) is 70.8 cm³/mol.